The molecule has 3 aromatic rings. The van der Waals surface area contributed by atoms with E-state index in [1.54, 1.807) is 16.8 Å². The summed E-state index contributed by atoms with van der Waals surface area (Å²) in [6, 6.07) is 14.4. The average Bonchev–Trinajstić information content (AvgIpc) is 3.01. The van der Waals surface area contributed by atoms with Crippen molar-refractivity contribution in [1.29, 1.82) is 0 Å². The molecule has 1 fully saturated rings. The molecule has 146 valence electrons. The van der Waals surface area contributed by atoms with Crippen molar-refractivity contribution in [3.63, 3.8) is 0 Å². The van der Waals surface area contributed by atoms with E-state index in [0.29, 0.717) is 5.39 Å². The first-order valence-electron chi connectivity index (χ1n) is 9.34. The highest BCUT2D eigenvalue weighted by Gasteiger charge is 2.24. The SMILES string of the molecule is O=C(N[SH](=O)=O)c1ccc2c(c1)c(=O)n(-c1ccccc1)n2C1CCCCC1. The van der Waals surface area contributed by atoms with E-state index in [9.17, 15) is 18.0 Å². The Balaban J connectivity index is 1.93. The van der Waals surface area contributed by atoms with Gasteiger partial charge >= 0.3 is 0 Å². The maximum absolute atomic E-state index is 13.3. The highest BCUT2D eigenvalue weighted by Crippen LogP contribution is 2.31. The number of para-hydroxylation sites is 1. The second-order valence-corrected chi connectivity index (χ2v) is 7.76. The van der Waals surface area contributed by atoms with Crippen molar-refractivity contribution in [3.05, 3.63) is 64.4 Å². The third-order valence-electron chi connectivity index (χ3n) is 5.26. The Hall–Kier alpha value is -2.87. The van der Waals surface area contributed by atoms with Crippen LogP contribution in [0.25, 0.3) is 16.6 Å². The Labute approximate surface area is 163 Å². The van der Waals surface area contributed by atoms with Crippen LogP contribution in [0.1, 0.15) is 48.5 Å². The predicted octanol–water partition coefficient (Wildman–Crippen LogP) is 2.55. The van der Waals surface area contributed by atoms with Gasteiger partial charge in [-0.2, -0.15) is 0 Å². The van der Waals surface area contributed by atoms with Crippen molar-refractivity contribution >= 4 is 27.7 Å². The van der Waals surface area contributed by atoms with Crippen LogP contribution >= 0.6 is 0 Å². The molecule has 1 aliphatic carbocycles. The molecule has 0 spiro atoms. The highest BCUT2D eigenvalue weighted by molar-refractivity contribution is 7.71. The Morgan fingerprint density at radius 3 is 2.39 bits per heavy atom. The van der Waals surface area contributed by atoms with Gasteiger partial charge in [0.2, 0.25) is 10.9 Å². The van der Waals surface area contributed by atoms with Crippen LogP contribution in [0.2, 0.25) is 0 Å². The second kappa shape index (κ2) is 7.63. The standard InChI is InChI=1S/C20H21N3O4S/c24-19(21-28(26)27)14-11-12-18-17(13-14)20(25)23(16-9-5-2-6-10-16)22(18)15-7-3-1-4-8-15/h2,5-6,9-13,15,28H,1,3-4,7-8H2,(H,21,24,26,27). The minimum atomic E-state index is -3.05. The number of amides is 1. The quantitative estimate of drug-likeness (QED) is 0.660. The Morgan fingerprint density at radius 2 is 1.71 bits per heavy atom. The second-order valence-electron chi connectivity index (χ2n) is 7.02. The van der Waals surface area contributed by atoms with Gasteiger partial charge in [-0.25, -0.2) is 13.1 Å². The van der Waals surface area contributed by atoms with E-state index in [1.807, 2.05) is 39.7 Å². The summed E-state index contributed by atoms with van der Waals surface area (Å²) in [6.07, 6.45) is 5.42. The van der Waals surface area contributed by atoms with Crippen molar-refractivity contribution < 1.29 is 13.2 Å². The van der Waals surface area contributed by atoms with Gasteiger partial charge in [-0.15, -0.1) is 0 Å². The molecule has 8 heteroatoms. The lowest BCUT2D eigenvalue weighted by molar-refractivity contribution is 0.0982. The number of hydrogen-bond donors (Lipinski definition) is 2. The van der Waals surface area contributed by atoms with E-state index in [4.69, 9.17) is 0 Å². The molecular formula is C20H21N3O4S. The minimum Gasteiger partial charge on any atom is -0.274 e. The summed E-state index contributed by atoms with van der Waals surface area (Å²) in [5, 5.41) is 0.406. The van der Waals surface area contributed by atoms with Crippen LogP contribution in [-0.2, 0) is 10.9 Å². The lowest BCUT2D eigenvalue weighted by Gasteiger charge is -2.26. The van der Waals surface area contributed by atoms with Gasteiger partial charge in [0.25, 0.3) is 11.5 Å². The van der Waals surface area contributed by atoms with Crippen LogP contribution in [0, 0.1) is 0 Å². The summed E-state index contributed by atoms with van der Waals surface area (Å²) in [5.41, 5.74) is 1.45. The van der Waals surface area contributed by atoms with E-state index in [1.165, 1.54) is 12.5 Å². The highest BCUT2D eigenvalue weighted by atomic mass is 32.2. The Bertz CT molecular complexity index is 1150. The topological polar surface area (TPSA) is 90.2 Å². The average molecular weight is 399 g/mol. The zero-order valence-corrected chi connectivity index (χ0v) is 16.1. The summed E-state index contributed by atoms with van der Waals surface area (Å²) < 4.78 is 27.2. The summed E-state index contributed by atoms with van der Waals surface area (Å²) >= 11 is 0. The van der Waals surface area contributed by atoms with E-state index in [2.05, 4.69) is 0 Å². The molecule has 1 amide bonds. The molecule has 1 aliphatic rings. The maximum Gasteiger partial charge on any atom is 0.279 e. The molecule has 0 atom stereocenters. The summed E-state index contributed by atoms with van der Waals surface area (Å²) in [5.74, 6) is -0.742. The molecule has 4 rings (SSSR count). The molecule has 1 aromatic heterocycles. The van der Waals surface area contributed by atoms with Crippen molar-refractivity contribution in [2.75, 3.05) is 0 Å². The number of carbonyl (C=O) groups excluding carboxylic acids is 1. The van der Waals surface area contributed by atoms with Gasteiger partial charge in [-0.1, -0.05) is 37.5 Å². The van der Waals surface area contributed by atoms with Gasteiger partial charge in [0.05, 0.1) is 22.6 Å². The molecule has 2 aromatic carbocycles. The Morgan fingerprint density at radius 1 is 1.00 bits per heavy atom. The van der Waals surface area contributed by atoms with Crippen LogP contribution in [0.5, 0.6) is 0 Å². The van der Waals surface area contributed by atoms with Crippen molar-refractivity contribution in [2.24, 2.45) is 0 Å². The van der Waals surface area contributed by atoms with Gasteiger partial charge in [-0.3, -0.25) is 19.0 Å². The van der Waals surface area contributed by atoms with Crippen LogP contribution in [0.15, 0.2) is 53.3 Å². The van der Waals surface area contributed by atoms with Gasteiger partial charge < -0.3 is 0 Å². The summed E-state index contributed by atoms with van der Waals surface area (Å²) in [4.78, 5) is 25.3. The molecule has 0 saturated heterocycles. The monoisotopic (exact) mass is 399 g/mol. The third kappa shape index (κ3) is 3.35. The van der Waals surface area contributed by atoms with Crippen LogP contribution in [-0.4, -0.2) is 23.7 Å². The van der Waals surface area contributed by atoms with E-state index < -0.39 is 16.8 Å². The minimum absolute atomic E-state index is 0.143. The summed E-state index contributed by atoms with van der Waals surface area (Å²) in [7, 11) is -3.05. The third-order valence-corrected chi connectivity index (χ3v) is 5.64. The van der Waals surface area contributed by atoms with Gasteiger partial charge in [0, 0.05) is 5.56 Å². The molecule has 0 radical (unpaired) electrons. The molecular weight excluding hydrogens is 378 g/mol. The lowest BCUT2D eigenvalue weighted by atomic mass is 9.95. The zero-order valence-electron chi connectivity index (χ0n) is 15.2. The molecule has 1 saturated carbocycles. The number of carbonyl (C=O) groups is 1. The first kappa shape index (κ1) is 18.5. The number of fused-ring (bicyclic) bond motifs is 1. The number of hydrogen-bond acceptors (Lipinski definition) is 4. The van der Waals surface area contributed by atoms with Gasteiger partial charge in [0.15, 0.2) is 0 Å². The molecule has 0 bridgehead atoms. The molecule has 0 unspecified atom stereocenters. The zero-order chi connectivity index (χ0) is 19.7. The lowest BCUT2D eigenvalue weighted by Crippen LogP contribution is -2.25. The number of benzene rings is 2. The fourth-order valence-corrected chi connectivity index (χ4v) is 4.31. The van der Waals surface area contributed by atoms with Crippen molar-refractivity contribution in [3.8, 4) is 5.69 Å². The first-order chi connectivity index (χ1) is 13.6. The molecule has 7 nitrogen and oxygen atoms in total. The molecule has 0 aliphatic heterocycles. The van der Waals surface area contributed by atoms with E-state index in [0.717, 1.165) is 36.9 Å². The number of thiol groups is 1. The fourth-order valence-electron chi connectivity index (χ4n) is 4.01. The maximum atomic E-state index is 13.3. The van der Waals surface area contributed by atoms with E-state index in [-0.39, 0.29) is 17.2 Å². The molecule has 1 N–H and O–H groups in total. The smallest absolute Gasteiger partial charge is 0.274 e. The van der Waals surface area contributed by atoms with E-state index >= 15 is 0 Å². The Kier molecular flexibility index (Phi) is 5.04. The number of rotatable bonds is 4. The molecule has 1 heterocycles. The summed E-state index contributed by atoms with van der Waals surface area (Å²) in [6.45, 7) is 0. The number of nitrogens with zero attached hydrogens (tertiary/aromatic N) is 2. The van der Waals surface area contributed by atoms with Gasteiger partial charge in [0.1, 0.15) is 0 Å². The normalized spacial score (nSPS) is 15.2. The molecule has 28 heavy (non-hydrogen) atoms. The fraction of sp³-hybridized carbons (Fsp3) is 0.300. The van der Waals surface area contributed by atoms with Crippen molar-refractivity contribution in [2.45, 2.75) is 38.1 Å². The van der Waals surface area contributed by atoms with Crippen LogP contribution < -0.4 is 10.3 Å². The number of aromatic nitrogens is 2. The number of nitrogens with one attached hydrogen (secondary N) is 1. The predicted molar refractivity (Wildman–Crippen MR) is 107 cm³/mol. The largest absolute Gasteiger partial charge is 0.279 e. The van der Waals surface area contributed by atoms with Gasteiger partial charge in [-0.05, 0) is 43.2 Å². The van der Waals surface area contributed by atoms with Crippen LogP contribution in [0.3, 0.4) is 0 Å². The first-order valence-corrected chi connectivity index (χ1v) is 10.5. The van der Waals surface area contributed by atoms with Crippen molar-refractivity contribution in [1.82, 2.24) is 14.1 Å². The van der Waals surface area contributed by atoms with Crippen LogP contribution in [0.4, 0.5) is 0 Å².